The summed E-state index contributed by atoms with van der Waals surface area (Å²) in [5.74, 6) is 0.287. The van der Waals surface area contributed by atoms with Crippen molar-refractivity contribution >= 4 is 17.5 Å². The van der Waals surface area contributed by atoms with Crippen LogP contribution in [0.4, 0.5) is 0 Å². The first kappa shape index (κ1) is 18.7. The van der Waals surface area contributed by atoms with Crippen molar-refractivity contribution in [1.82, 2.24) is 14.7 Å². The van der Waals surface area contributed by atoms with Crippen LogP contribution in [-0.4, -0.2) is 66.4 Å². The smallest absolute Gasteiger partial charge is 0.236 e. The van der Waals surface area contributed by atoms with Gasteiger partial charge in [0.1, 0.15) is 0 Å². The van der Waals surface area contributed by atoms with Crippen molar-refractivity contribution in [2.45, 2.75) is 44.7 Å². The van der Waals surface area contributed by atoms with E-state index in [2.05, 4.69) is 15.9 Å². The first-order valence-electron chi connectivity index (χ1n) is 9.56. The van der Waals surface area contributed by atoms with Crippen LogP contribution < -0.4 is 0 Å². The first-order chi connectivity index (χ1) is 12.1. The van der Waals surface area contributed by atoms with Gasteiger partial charge >= 0.3 is 0 Å². The number of carbonyl (C=O) groups is 1. The molecule has 1 aliphatic heterocycles. The quantitative estimate of drug-likeness (QED) is 0.803. The Morgan fingerprint density at radius 2 is 1.80 bits per heavy atom. The average Bonchev–Trinajstić information content (AvgIpc) is 2.63. The van der Waals surface area contributed by atoms with E-state index in [-0.39, 0.29) is 5.91 Å². The van der Waals surface area contributed by atoms with Gasteiger partial charge in [-0.05, 0) is 30.5 Å². The van der Waals surface area contributed by atoms with Crippen LogP contribution in [0.2, 0.25) is 5.02 Å². The second-order valence-electron chi connectivity index (χ2n) is 7.48. The van der Waals surface area contributed by atoms with Gasteiger partial charge in [0.25, 0.3) is 0 Å². The van der Waals surface area contributed by atoms with Crippen LogP contribution in [0.25, 0.3) is 0 Å². The molecule has 0 aromatic heterocycles. The van der Waals surface area contributed by atoms with Gasteiger partial charge in [0.15, 0.2) is 0 Å². The molecule has 1 amide bonds. The van der Waals surface area contributed by atoms with Crippen LogP contribution in [0.15, 0.2) is 24.3 Å². The summed E-state index contributed by atoms with van der Waals surface area (Å²) in [6.45, 7) is 5.44. The molecule has 1 aliphatic carbocycles. The molecule has 0 atom stereocenters. The Balaban J connectivity index is 1.42. The molecule has 4 nitrogen and oxygen atoms in total. The SMILES string of the molecule is CN(C(=O)CN1CCN(Cc2cccc(Cl)c2)CC1)C1CCCCC1. The minimum Gasteiger partial charge on any atom is -0.342 e. The number of piperazine rings is 1. The van der Waals surface area contributed by atoms with Crippen molar-refractivity contribution in [2.24, 2.45) is 0 Å². The fraction of sp³-hybridized carbons (Fsp3) is 0.650. The number of hydrogen-bond donors (Lipinski definition) is 0. The van der Waals surface area contributed by atoms with E-state index < -0.39 is 0 Å². The molecule has 1 aromatic rings. The molecular formula is C20H30ClN3O. The zero-order chi connectivity index (χ0) is 17.6. The van der Waals surface area contributed by atoms with Crippen molar-refractivity contribution in [1.29, 1.82) is 0 Å². The van der Waals surface area contributed by atoms with Crippen LogP contribution in [0.1, 0.15) is 37.7 Å². The fourth-order valence-corrected chi connectivity index (χ4v) is 4.19. The van der Waals surface area contributed by atoms with E-state index in [1.54, 1.807) is 0 Å². The van der Waals surface area contributed by atoms with E-state index in [1.807, 2.05) is 30.1 Å². The van der Waals surface area contributed by atoms with Crippen LogP contribution in [0.3, 0.4) is 0 Å². The third kappa shape index (κ3) is 5.44. The molecule has 0 spiro atoms. The third-order valence-corrected chi connectivity index (χ3v) is 5.87. The fourth-order valence-electron chi connectivity index (χ4n) is 3.97. The van der Waals surface area contributed by atoms with Crippen molar-refractivity contribution in [3.8, 4) is 0 Å². The molecule has 0 unspecified atom stereocenters. The number of carbonyl (C=O) groups excluding carboxylic acids is 1. The summed E-state index contributed by atoms with van der Waals surface area (Å²) < 4.78 is 0. The Kier molecular flexibility index (Phi) is 6.74. The lowest BCUT2D eigenvalue weighted by atomic mass is 9.94. The van der Waals surface area contributed by atoms with Crippen molar-refractivity contribution in [3.63, 3.8) is 0 Å². The number of amides is 1. The van der Waals surface area contributed by atoms with E-state index in [4.69, 9.17) is 11.6 Å². The number of hydrogen-bond acceptors (Lipinski definition) is 3. The Hall–Kier alpha value is -1.10. The minimum atomic E-state index is 0.287. The largest absolute Gasteiger partial charge is 0.342 e. The van der Waals surface area contributed by atoms with Gasteiger partial charge in [-0.1, -0.05) is 43.0 Å². The molecule has 0 bridgehead atoms. The van der Waals surface area contributed by atoms with Gasteiger partial charge in [-0.15, -0.1) is 0 Å². The van der Waals surface area contributed by atoms with Gasteiger partial charge < -0.3 is 4.90 Å². The summed E-state index contributed by atoms with van der Waals surface area (Å²) >= 11 is 6.07. The molecule has 3 rings (SSSR count). The third-order valence-electron chi connectivity index (χ3n) is 5.63. The first-order valence-corrected chi connectivity index (χ1v) is 9.94. The molecule has 138 valence electrons. The predicted molar refractivity (Wildman–Crippen MR) is 103 cm³/mol. The number of rotatable bonds is 5. The molecule has 1 saturated heterocycles. The van der Waals surface area contributed by atoms with E-state index >= 15 is 0 Å². The highest BCUT2D eigenvalue weighted by atomic mass is 35.5. The van der Waals surface area contributed by atoms with Gasteiger partial charge in [0.2, 0.25) is 5.91 Å². The standard InChI is InChI=1S/C20H30ClN3O/c1-22(19-8-3-2-4-9-19)20(25)16-24-12-10-23(11-13-24)15-17-6-5-7-18(21)14-17/h5-7,14,19H,2-4,8-13,15-16H2,1H3. The Labute approximate surface area is 156 Å². The minimum absolute atomic E-state index is 0.287. The number of nitrogens with zero attached hydrogens (tertiary/aromatic N) is 3. The number of halogens is 1. The van der Waals surface area contributed by atoms with E-state index in [1.165, 1.54) is 37.7 Å². The van der Waals surface area contributed by atoms with Crippen LogP contribution in [0.5, 0.6) is 0 Å². The van der Waals surface area contributed by atoms with Crippen molar-refractivity contribution in [2.75, 3.05) is 39.8 Å². The van der Waals surface area contributed by atoms with Gasteiger partial charge in [-0.3, -0.25) is 14.6 Å². The molecule has 0 N–H and O–H groups in total. The van der Waals surface area contributed by atoms with E-state index in [9.17, 15) is 4.79 Å². The highest BCUT2D eigenvalue weighted by Gasteiger charge is 2.25. The summed E-state index contributed by atoms with van der Waals surface area (Å²) in [6.07, 6.45) is 6.22. The summed E-state index contributed by atoms with van der Waals surface area (Å²) in [7, 11) is 1.99. The molecule has 5 heteroatoms. The Bertz CT molecular complexity index is 566. The normalized spacial score (nSPS) is 20.6. The van der Waals surface area contributed by atoms with Crippen molar-refractivity contribution < 1.29 is 4.79 Å². The summed E-state index contributed by atoms with van der Waals surface area (Å²) in [4.78, 5) is 19.3. The highest BCUT2D eigenvalue weighted by Crippen LogP contribution is 2.22. The zero-order valence-corrected chi connectivity index (χ0v) is 16.0. The maximum atomic E-state index is 12.6. The molecule has 2 aliphatic rings. The zero-order valence-electron chi connectivity index (χ0n) is 15.3. The summed E-state index contributed by atoms with van der Waals surface area (Å²) in [5, 5.41) is 0.799. The molecule has 1 saturated carbocycles. The molecule has 2 fully saturated rings. The Morgan fingerprint density at radius 3 is 2.48 bits per heavy atom. The van der Waals surface area contributed by atoms with Crippen LogP contribution in [0, 0.1) is 0 Å². The molecule has 25 heavy (non-hydrogen) atoms. The monoisotopic (exact) mass is 363 g/mol. The van der Waals surface area contributed by atoms with E-state index in [0.29, 0.717) is 12.6 Å². The maximum absolute atomic E-state index is 12.6. The van der Waals surface area contributed by atoms with Gasteiger partial charge in [-0.25, -0.2) is 0 Å². The maximum Gasteiger partial charge on any atom is 0.236 e. The van der Waals surface area contributed by atoms with Gasteiger partial charge in [-0.2, -0.15) is 0 Å². The predicted octanol–water partition coefficient (Wildman–Crippen LogP) is 3.25. The molecule has 1 aromatic carbocycles. The summed E-state index contributed by atoms with van der Waals surface area (Å²) in [6, 6.07) is 8.55. The highest BCUT2D eigenvalue weighted by molar-refractivity contribution is 6.30. The van der Waals surface area contributed by atoms with Crippen molar-refractivity contribution in [3.05, 3.63) is 34.9 Å². The topological polar surface area (TPSA) is 26.8 Å². The second kappa shape index (κ2) is 9.02. The summed E-state index contributed by atoms with van der Waals surface area (Å²) in [5.41, 5.74) is 1.26. The van der Waals surface area contributed by atoms with E-state index in [0.717, 1.165) is 37.7 Å². The van der Waals surface area contributed by atoms with Gasteiger partial charge in [0.05, 0.1) is 6.54 Å². The average molecular weight is 364 g/mol. The molecule has 0 radical (unpaired) electrons. The molecule has 1 heterocycles. The Morgan fingerprint density at radius 1 is 1.12 bits per heavy atom. The van der Waals surface area contributed by atoms with Gasteiger partial charge in [0, 0.05) is 50.8 Å². The lowest BCUT2D eigenvalue weighted by molar-refractivity contribution is -0.134. The molecular weight excluding hydrogens is 334 g/mol. The van der Waals surface area contributed by atoms with Crippen LogP contribution in [-0.2, 0) is 11.3 Å². The lowest BCUT2D eigenvalue weighted by Gasteiger charge is -2.37. The second-order valence-corrected chi connectivity index (χ2v) is 7.92. The number of likely N-dealkylation sites (N-methyl/N-ethyl adjacent to an activating group) is 1. The number of benzene rings is 1. The lowest BCUT2D eigenvalue weighted by Crippen LogP contribution is -2.50. The van der Waals surface area contributed by atoms with Crippen LogP contribution >= 0.6 is 11.6 Å².